The Kier molecular flexibility index (Phi) is 4.36. The molecule has 1 heterocycles. The van der Waals surface area contributed by atoms with E-state index in [0.29, 0.717) is 11.6 Å². The zero-order chi connectivity index (χ0) is 12.1. The molecule has 0 unspecified atom stereocenters. The fourth-order valence-electron chi connectivity index (χ4n) is 1.35. The van der Waals surface area contributed by atoms with Crippen molar-refractivity contribution in [3.63, 3.8) is 0 Å². The molecule has 3 nitrogen and oxygen atoms in total. The van der Waals surface area contributed by atoms with E-state index in [-0.39, 0.29) is 6.61 Å². The van der Waals surface area contributed by atoms with Crippen LogP contribution in [-0.4, -0.2) is 16.7 Å². The number of hydrogen-bond donors (Lipinski definition) is 1. The van der Waals surface area contributed by atoms with Crippen molar-refractivity contribution < 1.29 is 9.84 Å². The van der Waals surface area contributed by atoms with Gasteiger partial charge >= 0.3 is 0 Å². The lowest BCUT2D eigenvalue weighted by Crippen LogP contribution is -2.00. The second kappa shape index (κ2) is 6.00. The normalized spacial score (nSPS) is 10.5. The van der Waals surface area contributed by atoms with Crippen molar-refractivity contribution in [1.82, 2.24) is 4.98 Å². The minimum Gasteiger partial charge on any atom is -0.493 e. The number of rotatable bonds is 5. The summed E-state index contributed by atoms with van der Waals surface area (Å²) in [6.07, 6.45) is 2.43. The van der Waals surface area contributed by atoms with Crippen LogP contribution in [0.3, 0.4) is 0 Å². The second-order valence-corrected chi connectivity index (χ2v) is 5.07. The average molecular weight is 270 g/mol. The van der Waals surface area contributed by atoms with Crippen molar-refractivity contribution in [1.29, 1.82) is 0 Å². The van der Waals surface area contributed by atoms with Crippen LogP contribution < -0.4 is 4.74 Å². The van der Waals surface area contributed by atoms with Gasteiger partial charge in [-0.15, -0.1) is 11.3 Å². The van der Waals surface area contributed by atoms with E-state index in [1.165, 1.54) is 11.3 Å². The first-order chi connectivity index (χ1) is 8.28. The lowest BCUT2D eigenvalue weighted by atomic mass is 10.3. The van der Waals surface area contributed by atoms with Crippen molar-refractivity contribution in [3.8, 4) is 5.75 Å². The van der Waals surface area contributed by atoms with Gasteiger partial charge in [0, 0.05) is 17.6 Å². The summed E-state index contributed by atoms with van der Waals surface area (Å²) in [6, 6.07) is 7.31. The number of aliphatic hydroxyl groups excluding tert-OH is 1. The minimum absolute atomic E-state index is 0.0484. The molecule has 0 bridgehead atoms. The number of benzene rings is 1. The van der Waals surface area contributed by atoms with Crippen molar-refractivity contribution in [2.45, 2.75) is 13.0 Å². The topological polar surface area (TPSA) is 42.4 Å². The first-order valence-corrected chi connectivity index (χ1v) is 6.40. The number of nitrogens with zero attached hydrogens (tertiary/aromatic N) is 1. The highest BCUT2D eigenvalue weighted by molar-refractivity contribution is 7.11. The van der Waals surface area contributed by atoms with E-state index in [4.69, 9.17) is 21.4 Å². The third-order valence-electron chi connectivity index (χ3n) is 2.14. The molecular formula is C12H12ClNO2S. The van der Waals surface area contributed by atoms with Crippen LogP contribution in [0.4, 0.5) is 0 Å². The maximum absolute atomic E-state index is 8.91. The molecule has 0 aliphatic carbocycles. The zero-order valence-corrected chi connectivity index (χ0v) is 10.7. The molecule has 1 aromatic carbocycles. The maximum atomic E-state index is 8.91. The minimum atomic E-state index is 0.0484. The Morgan fingerprint density at radius 3 is 3.00 bits per heavy atom. The van der Waals surface area contributed by atoms with Gasteiger partial charge in [-0.05, 0) is 18.2 Å². The van der Waals surface area contributed by atoms with Gasteiger partial charge in [-0.25, -0.2) is 4.98 Å². The molecule has 0 aliphatic rings. The van der Waals surface area contributed by atoms with E-state index in [1.54, 1.807) is 12.3 Å². The zero-order valence-electron chi connectivity index (χ0n) is 9.10. The monoisotopic (exact) mass is 269 g/mol. The summed E-state index contributed by atoms with van der Waals surface area (Å²) in [5.41, 5.74) is 0. The van der Waals surface area contributed by atoms with Crippen LogP contribution >= 0.6 is 22.9 Å². The van der Waals surface area contributed by atoms with Crippen LogP contribution in [0, 0.1) is 0 Å². The van der Waals surface area contributed by atoms with E-state index in [9.17, 15) is 0 Å². The lowest BCUT2D eigenvalue weighted by Gasteiger charge is -2.04. The predicted octanol–water partition coefficient (Wildman–Crippen LogP) is 2.91. The largest absolute Gasteiger partial charge is 0.493 e. The number of thiazole rings is 1. The van der Waals surface area contributed by atoms with Crippen LogP contribution in [0.2, 0.25) is 5.02 Å². The Morgan fingerprint density at radius 2 is 2.29 bits per heavy atom. The maximum Gasteiger partial charge on any atom is 0.120 e. The molecule has 0 aliphatic heterocycles. The van der Waals surface area contributed by atoms with Crippen molar-refractivity contribution in [2.75, 3.05) is 6.61 Å². The molecule has 0 saturated carbocycles. The summed E-state index contributed by atoms with van der Waals surface area (Å²) in [5.74, 6) is 0.761. The van der Waals surface area contributed by atoms with Crippen molar-refractivity contribution >= 4 is 22.9 Å². The first-order valence-electron chi connectivity index (χ1n) is 5.21. The summed E-state index contributed by atoms with van der Waals surface area (Å²) in [7, 11) is 0. The second-order valence-electron chi connectivity index (χ2n) is 3.43. The predicted molar refractivity (Wildman–Crippen MR) is 68.7 cm³/mol. The molecular weight excluding hydrogens is 258 g/mol. The van der Waals surface area contributed by atoms with E-state index in [2.05, 4.69) is 4.98 Å². The molecule has 0 atom stereocenters. The number of hydrogen-bond acceptors (Lipinski definition) is 4. The number of ether oxygens (including phenoxy) is 1. The number of aliphatic hydroxyl groups is 1. The van der Waals surface area contributed by atoms with E-state index in [0.717, 1.165) is 22.1 Å². The fraction of sp³-hybridized carbons (Fsp3) is 0.250. The van der Waals surface area contributed by atoms with Crippen LogP contribution in [0.15, 0.2) is 30.5 Å². The Labute approximate surface area is 109 Å². The summed E-state index contributed by atoms with van der Waals surface area (Å²) in [6.45, 7) is 0.603. The van der Waals surface area contributed by atoms with Crippen LogP contribution in [0.25, 0.3) is 0 Å². The van der Waals surface area contributed by atoms with Crippen LogP contribution in [-0.2, 0) is 13.0 Å². The summed E-state index contributed by atoms with van der Waals surface area (Å²) in [4.78, 5) is 5.07. The van der Waals surface area contributed by atoms with Gasteiger partial charge in [0.15, 0.2) is 0 Å². The van der Waals surface area contributed by atoms with Crippen molar-refractivity contribution in [3.05, 3.63) is 45.4 Å². The molecule has 0 spiro atoms. The quantitative estimate of drug-likeness (QED) is 0.908. The Hall–Kier alpha value is -1.10. The molecule has 0 amide bonds. The molecule has 1 N–H and O–H groups in total. The van der Waals surface area contributed by atoms with E-state index < -0.39 is 0 Å². The summed E-state index contributed by atoms with van der Waals surface area (Å²) < 4.78 is 5.55. The highest BCUT2D eigenvalue weighted by Gasteiger charge is 2.01. The molecule has 2 aromatic rings. The van der Waals surface area contributed by atoms with E-state index >= 15 is 0 Å². The molecule has 17 heavy (non-hydrogen) atoms. The molecule has 0 radical (unpaired) electrons. The van der Waals surface area contributed by atoms with Gasteiger partial charge in [-0.2, -0.15) is 0 Å². The van der Waals surface area contributed by atoms with Gasteiger partial charge in [0.05, 0.1) is 23.1 Å². The molecule has 1 aromatic heterocycles. The molecule has 0 saturated heterocycles. The Morgan fingerprint density at radius 1 is 1.41 bits per heavy atom. The van der Waals surface area contributed by atoms with Gasteiger partial charge in [0.2, 0.25) is 0 Å². The van der Waals surface area contributed by atoms with Gasteiger partial charge in [-0.1, -0.05) is 17.7 Å². The standard InChI is InChI=1S/C12H12ClNO2S/c13-9-2-1-3-10(6-9)16-5-4-12-14-7-11(8-15)17-12/h1-3,6-7,15H,4-5,8H2. The smallest absolute Gasteiger partial charge is 0.120 e. The molecule has 0 fully saturated rings. The van der Waals surface area contributed by atoms with E-state index in [1.807, 2.05) is 18.2 Å². The number of halogens is 1. The third kappa shape index (κ3) is 3.70. The SMILES string of the molecule is OCc1cnc(CCOc2cccc(Cl)c2)s1. The van der Waals surface area contributed by atoms with Gasteiger partial charge in [0.1, 0.15) is 5.75 Å². The average Bonchev–Trinajstić information content (AvgIpc) is 2.77. The van der Waals surface area contributed by atoms with Gasteiger partial charge in [0.25, 0.3) is 0 Å². The molecule has 90 valence electrons. The summed E-state index contributed by atoms with van der Waals surface area (Å²) in [5, 5.41) is 10.5. The fourth-order valence-corrected chi connectivity index (χ4v) is 2.29. The first kappa shape index (κ1) is 12.4. The third-order valence-corrected chi connectivity index (χ3v) is 3.41. The van der Waals surface area contributed by atoms with Gasteiger partial charge < -0.3 is 9.84 Å². The number of aromatic nitrogens is 1. The molecule has 2 rings (SSSR count). The van der Waals surface area contributed by atoms with Gasteiger partial charge in [-0.3, -0.25) is 0 Å². The Balaban J connectivity index is 1.83. The lowest BCUT2D eigenvalue weighted by molar-refractivity contribution is 0.285. The van der Waals surface area contributed by atoms with Crippen molar-refractivity contribution in [2.24, 2.45) is 0 Å². The van der Waals surface area contributed by atoms with Crippen LogP contribution in [0.5, 0.6) is 5.75 Å². The highest BCUT2D eigenvalue weighted by Crippen LogP contribution is 2.18. The highest BCUT2D eigenvalue weighted by atomic mass is 35.5. The van der Waals surface area contributed by atoms with Crippen LogP contribution in [0.1, 0.15) is 9.88 Å². The summed E-state index contributed by atoms with van der Waals surface area (Å²) >= 11 is 7.35. The molecule has 5 heteroatoms. The Bertz CT molecular complexity index is 487.